The molecule has 0 fully saturated rings. The summed E-state index contributed by atoms with van der Waals surface area (Å²) in [6.07, 6.45) is 0.825. The standard InChI is InChI=1S/C15H19NO2S/c1-5-12-13(15(2,3)17)19-14(16-12)10-6-8-11(18-4)9-7-10/h6-9,17H,5H2,1-4H3. The van der Waals surface area contributed by atoms with Crippen LogP contribution in [-0.2, 0) is 12.0 Å². The lowest BCUT2D eigenvalue weighted by Crippen LogP contribution is -2.15. The Morgan fingerprint density at radius 3 is 2.32 bits per heavy atom. The molecule has 3 nitrogen and oxygen atoms in total. The van der Waals surface area contributed by atoms with E-state index in [0.29, 0.717) is 0 Å². The van der Waals surface area contributed by atoms with Crippen LogP contribution in [0.5, 0.6) is 5.75 Å². The highest BCUT2D eigenvalue weighted by atomic mass is 32.1. The van der Waals surface area contributed by atoms with E-state index in [1.54, 1.807) is 32.3 Å². The van der Waals surface area contributed by atoms with Gasteiger partial charge in [-0.05, 0) is 44.5 Å². The molecule has 4 heteroatoms. The first-order valence-corrected chi connectivity index (χ1v) is 7.14. The topological polar surface area (TPSA) is 42.4 Å². The fraction of sp³-hybridized carbons (Fsp3) is 0.400. The minimum atomic E-state index is -0.840. The smallest absolute Gasteiger partial charge is 0.123 e. The van der Waals surface area contributed by atoms with Crippen molar-refractivity contribution in [2.45, 2.75) is 32.8 Å². The average Bonchev–Trinajstić information content (AvgIpc) is 2.83. The fourth-order valence-corrected chi connectivity index (χ4v) is 3.09. The third-order valence-corrected chi connectivity index (χ3v) is 4.38. The summed E-state index contributed by atoms with van der Waals surface area (Å²) in [5, 5.41) is 11.1. The predicted molar refractivity (Wildman–Crippen MR) is 78.7 cm³/mol. The highest BCUT2D eigenvalue weighted by molar-refractivity contribution is 7.15. The number of nitrogens with zero attached hydrogens (tertiary/aromatic N) is 1. The number of ether oxygens (including phenoxy) is 1. The first-order chi connectivity index (χ1) is 8.95. The molecule has 0 spiro atoms. The lowest BCUT2D eigenvalue weighted by Gasteiger charge is -2.15. The third-order valence-electron chi connectivity index (χ3n) is 2.92. The summed E-state index contributed by atoms with van der Waals surface area (Å²) < 4.78 is 5.15. The van der Waals surface area contributed by atoms with Gasteiger partial charge in [0.25, 0.3) is 0 Å². The first kappa shape index (κ1) is 14.0. The number of hydrogen-bond acceptors (Lipinski definition) is 4. The van der Waals surface area contributed by atoms with Crippen molar-refractivity contribution >= 4 is 11.3 Å². The van der Waals surface area contributed by atoms with E-state index in [2.05, 4.69) is 11.9 Å². The van der Waals surface area contributed by atoms with Crippen LogP contribution >= 0.6 is 11.3 Å². The second-order valence-electron chi connectivity index (χ2n) is 4.94. The van der Waals surface area contributed by atoms with E-state index in [-0.39, 0.29) is 0 Å². The van der Waals surface area contributed by atoms with Crippen LogP contribution < -0.4 is 4.74 Å². The molecule has 0 aliphatic rings. The zero-order valence-corrected chi connectivity index (χ0v) is 12.5. The summed E-state index contributed by atoms with van der Waals surface area (Å²) in [4.78, 5) is 5.58. The predicted octanol–water partition coefficient (Wildman–Crippen LogP) is 3.61. The summed E-state index contributed by atoms with van der Waals surface area (Å²) in [6, 6.07) is 7.83. The van der Waals surface area contributed by atoms with E-state index < -0.39 is 5.60 Å². The van der Waals surface area contributed by atoms with E-state index in [9.17, 15) is 5.11 Å². The second kappa shape index (κ2) is 5.31. The Kier molecular flexibility index (Phi) is 3.92. The number of thiazole rings is 1. The van der Waals surface area contributed by atoms with E-state index in [1.165, 1.54) is 0 Å². The van der Waals surface area contributed by atoms with Crippen molar-refractivity contribution in [2.75, 3.05) is 7.11 Å². The first-order valence-electron chi connectivity index (χ1n) is 6.32. The van der Waals surface area contributed by atoms with Crippen LogP contribution in [-0.4, -0.2) is 17.2 Å². The molecule has 19 heavy (non-hydrogen) atoms. The molecular weight excluding hydrogens is 258 g/mol. The molecule has 0 saturated carbocycles. The monoisotopic (exact) mass is 277 g/mol. The molecule has 0 bridgehead atoms. The molecule has 0 unspecified atom stereocenters. The van der Waals surface area contributed by atoms with Crippen LogP contribution in [0, 0.1) is 0 Å². The van der Waals surface area contributed by atoms with Crippen molar-refractivity contribution in [3.63, 3.8) is 0 Å². The minimum Gasteiger partial charge on any atom is -0.497 e. The van der Waals surface area contributed by atoms with Gasteiger partial charge in [0.1, 0.15) is 10.8 Å². The molecule has 0 atom stereocenters. The van der Waals surface area contributed by atoms with Gasteiger partial charge in [-0.25, -0.2) is 4.98 Å². The Balaban J connectivity index is 2.42. The largest absolute Gasteiger partial charge is 0.497 e. The number of aryl methyl sites for hydroxylation is 1. The molecule has 1 heterocycles. The van der Waals surface area contributed by atoms with Crippen LogP contribution in [0.15, 0.2) is 24.3 Å². The zero-order chi connectivity index (χ0) is 14.0. The SMILES string of the molecule is CCc1nc(-c2ccc(OC)cc2)sc1C(C)(C)O. The van der Waals surface area contributed by atoms with Gasteiger partial charge in [-0.3, -0.25) is 0 Å². The van der Waals surface area contributed by atoms with Gasteiger partial charge in [0.15, 0.2) is 0 Å². The number of benzene rings is 1. The van der Waals surface area contributed by atoms with Crippen molar-refractivity contribution < 1.29 is 9.84 Å². The van der Waals surface area contributed by atoms with Crippen molar-refractivity contribution in [1.29, 1.82) is 0 Å². The van der Waals surface area contributed by atoms with Gasteiger partial charge in [-0.15, -0.1) is 11.3 Å². The van der Waals surface area contributed by atoms with Crippen molar-refractivity contribution in [3.05, 3.63) is 34.8 Å². The van der Waals surface area contributed by atoms with Gasteiger partial charge in [-0.1, -0.05) is 6.92 Å². The van der Waals surface area contributed by atoms with Crippen LogP contribution in [0.2, 0.25) is 0 Å². The molecule has 1 aromatic heterocycles. The van der Waals surface area contributed by atoms with E-state index in [1.807, 2.05) is 24.3 Å². The molecule has 0 amide bonds. The molecule has 0 saturated heterocycles. The van der Waals surface area contributed by atoms with Gasteiger partial charge in [0, 0.05) is 5.56 Å². The number of rotatable bonds is 4. The average molecular weight is 277 g/mol. The Hall–Kier alpha value is -1.39. The van der Waals surface area contributed by atoms with Crippen LogP contribution in [0.25, 0.3) is 10.6 Å². The lowest BCUT2D eigenvalue weighted by molar-refractivity contribution is 0.0814. The molecule has 0 radical (unpaired) electrons. The van der Waals surface area contributed by atoms with Gasteiger partial charge < -0.3 is 9.84 Å². The van der Waals surface area contributed by atoms with Crippen LogP contribution in [0.1, 0.15) is 31.3 Å². The summed E-state index contributed by atoms with van der Waals surface area (Å²) in [6.45, 7) is 5.66. The van der Waals surface area contributed by atoms with Crippen LogP contribution in [0.3, 0.4) is 0 Å². The summed E-state index contributed by atoms with van der Waals surface area (Å²) in [5.41, 5.74) is 1.19. The molecular formula is C15H19NO2S. The maximum atomic E-state index is 10.2. The van der Waals surface area contributed by atoms with Gasteiger partial charge >= 0.3 is 0 Å². The number of hydrogen-bond donors (Lipinski definition) is 1. The molecule has 1 N–H and O–H groups in total. The van der Waals surface area contributed by atoms with Gasteiger partial charge in [0.05, 0.1) is 23.3 Å². The Labute approximate surface area is 117 Å². The van der Waals surface area contributed by atoms with E-state index in [4.69, 9.17) is 4.74 Å². The number of aliphatic hydroxyl groups is 1. The number of methoxy groups -OCH3 is 1. The summed E-state index contributed by atoms with van der Waals surface area (Å²) in [7, 11) is 1.65. The Morgan fingerprint density at radius 1 is 1.26 bits per heavy atom. The normalized spacial score (nSPS) is 11.6. The van der Waals surface area contributed by atoms with Crippen LogP contribution in [0.4, 0.5) is 0 Å². The molecule has 0 aliphatic heterocycles. The lowest BCUT2D eigenvalue weighted by atomic mass is 10.1. The highest BCUT2D eigenvalue weighted by Crippen LogP contribution is 2.35. The van der Waals surface area contributed by atoms with Gasteiger partial charge in [-0.2, -0.15) is 0 Å². The molecule has 2 aromatic rings. The fourth-order valence-electron chi connectivity index (χ4n) is 1.93. The maximum absolute atomic E-state index is 10.2. The summed E-state index contributed by atoms with van der Waals surface area (Å²) in [5.74, 6) is 0.832. The summed E-state index contributed by atoms with van der Waals surface area (Å²) >= 11 is 1.56. The Morgan fingerprint density at radius 2 is 1.89 bits per heavy atom. The quantitative estimate of drug-likeness (QED) is 0.928. The van der Waals surface area contributed by atoms with Gasteiger partial charge in [0.2, 0.25) is 0 Å². The molecule has 102 valence electrons. The van der Waals surface area contributed by atoms with E-state index in [0.717, 1.165) is 33.3 Å². The molecule has 2 rings (SSSR count). The molecule has 1 aromatic carbocycles. The minimum absolute atomic E-state index is 0.825. The van der Waals surface area contributed by atoms with Crippen molar-refractivity contribution in [2.24, 2.45) is 0 Å². The van der Waals surface area contributed by atoms with Crippen molar-refractivity contribution in [1.82, 2.24) is 4.98 Å². The second-order valence-corrected chi connectivity index (χ2v) is 5.93. The van der Waals surface area contributed by atoms with Crippen molar-refractivity contribution in [3.8, 4) is 16.3 Å². The number of aromatic nitrogens is 1. The Bertz CT molecular complexity index is 553. The maximum Gasteiger partial charge on any atom is 0.123 e. The van der Waals surface area contributed by atoms with E-state index >= 15 is 0 Å². The third kappa shape index (κ3) is 2.96. The highest BCUT2D eigenvalue weighted by Gasteiger charge is 2.24. The molecule has 0 aliphatic carbocycles. The zero-order valence-electron chi connectivity index (χ0n) is 11.7.